The molecule has 0 bridgehead atoms. The zero-order valence-corrected chi connectivity index (χ0v) is 14.0. The van der Waals surface area contributed by atoms with Gasteiger partial charge in [0.15, 0.2) is 0 Å². The molecule has 1 unspecified atom stereocenters. The second-order valence-electron chi connectivity index (χ2n) is 5.68. The van der Waals surface area contributed by atoms with Crippen LogP contribution in [0.15, 0.2) is 24.3 Å². The van der Waals surface area contributed by atoms with Crippen molar-refractivity contribution in [1.82, 2.24) is 15.5 Å². The lowest BCUT2D eigenvalue weighted by atomic mass is 10.1. The molecule has 6 heteroatoms. The van der Waals surface area contributed by atoms with E-state index in [4.69, 9.17) is 0 Å². The number of hydrogen-bond acceptors (Lipinski definition) is 3. The predicted molar refractivity (Wildman–Crippen MR) is 88.7 cm³/mol. The zero-order chi connectivity index (χ0) is 15.2. The van der Waals surface area contributed by atoms with Gasteiger partial charge in [-0.25, -0.2) is 4.39 Å². The number of piperidine rings is 1. The molecule has 1 aromatic rings. The number of nitrogens with one attached hydrogen (secondary N) is 2. The molecule has 1 aliphatic rings. The Morgan fingerprint density at radius 3 is 2.45 bits per heavy atom. The highest BCUT2D eigenvalue weighted by atomic mass is 35.5. The fourth-order valence-electron chi connectivity index (χ4n) is 2.70. The summed E-state index contributed by atoms with van der Waals surface area (Å²) in [6.45, 7) is 4.24. The highest BCUT2D eigenvalue weighted by molar-refractivity contribution is 5.85. The first kappa shape index (κ1) is 18.9. The number of likely N-dealkylation sites (tertiary alicyclic amines) is 1. The minimum Gasteiger partial charge on any atom is -0.348 e. The summed E-state index contributed by atoms with van der Waals surface area (Å²) >= 11 is 0. The van der Waals surface area contributed by atoms with E-state index < -0.39 is 0 Å². The molecule has 4 nitrogen and oxygen atoms in total. The van der Waals surface area contributed by atoms with E-state index in [0.717, 1.165) is 31.5 Å². The largest absolute Gasteiger partial charge is 0.348 e. The zero-order valence-electron chi connectivity index (χ0n) is 13.1. The highest BCUT2D eigenvalue weighted by Gasteiger charge is 2.20. The maximum absolute atomic E-state index is 12.9. The molecule has 0 aliphatic carbocycles. The first-order valence-corrected chi connectivity index (χ1v) is 7.53. The van der Waals surface area contributed by atoms with Crippen molar-refractivity contribution < 1.29 is 9.18 Å². The molecular weight excluding hydrogens is 305 g/mol. The molecule has 1 heterocycles. The molecule has 1 amide bonds. The van der Waals surface area contributed by atoms with E-state index in [1.54, 1.807) is 12.1 Å². The lowest BCUT2D eigenvalue weighted by molar-refractivity contribution is -0.123. The Morgan fingerprint density at radius 1 is 1.32 bits per heavy atom. The van der Waals surface area contributed by atoms with Crippen LogP contribution in [0.3, 0.4) is 0 Å². The standard InChI is InChI=1S/C16H24FN3O.ClH/c1-12(13-3-5-14(17)6-4-13)19-16(21)11-20-9-7-15(18-2)8-10-20;/h3-6,12,15,18H,7-11H2,1-2H3,(H,19,21);1H. The topological polar surface area (TPSA) is 44.4 Å². The average Bonchev–Trinajstić information content (AvgIpc) is 2.48. The van der Waals surface area contributed by atoms with Crippen LogP contribution < -0.4 is 10.6 Å². The van der Waals surface area contributed by atoms with Crippen LogP contribution in [0.25, 0.3) is 0 Å². The van der Waals surface area contributed by atoms with Gasteiger partial charge in [0.2, 0.25) is 5.91 Å². The third kappa shape index (κ3) is 5.55. The summed E-state index contributed by atoms with van der Waals surface area (Å²) in [5.41, 5.74) is 0.915. The first-order chi connectivity index (χ1) is 10.1. The summed E-state index contributed by atoms with van der Waals surface area (Å²) in [5, 5.41) is 6.25. The van der Waals surface area contributed by atoms with Crippen LogP contribution >= 0.6 is 12.4 Å². The van der Waals surface area contributed by atoms with E-state index in [1.165, 1.54) is 12.1 Å². The van der Waals surface area contributed by atoms with Crippen LogP contribution in [0.1, 0.15) is 31.4 Å². The van der Waals surface area contributed by atoms with Gasteiger partial charge in [-0.15, -0.1) is 12.4 Å². The molecule has 0 aromatic heterocycles. The number of amides is 1. The van der Waals surface area contributed by atoms with Crippen LogP contribution in [-0.2, 0) is 4.79 Å². The van der Waals surface area contributed by atoms with Crippen molar-refractivity contribution in [2.75, 3.05) is 26.7 Å². The van der Waals surface area contributed by atoms with Gasteiger partial charge >= 0.3 is 0 Å². The minimum atomic E-state index is -0.260. The van der Waals surface area contributed by atoms with Crippen LogP contribution in [0, 0.1) is 5.82 Å². The monoisotopic (exact) mass is 329 g/mol. The second-order valence-corrected chi connectivity index (χ2v) is 5.68. The van der Waals surface area contributed by atoms with Crippen molar-refractivity contribution in [2.24, 2.45) is 0 Å². The number of nitrogens with zero attached hydrogens (tertiary/aromatic N) is 1. The Hall–Kier alpha value is -1.17. The lowest BCUT2D eigenvalue weighted by Crippen LogP contribution is -2.45. The van der Waals surface area contributed by atoms with Crippen molar-refractivity contribution in [1.29, 1.82) is 0 Å². The van der Waals surface area contributed by atoms with Crippen LogP contribution in [0.4, 0.5) is 4.39 Å². The Balaban J connectivity index is 0.00000242. The number of carbonyl (C=O) groups is 1. The molecule has 1 fully saturated rings. The van der Waals surface area contributed by atoms with Gasteiger partial charge in [-0.3, -0.25) is 9.69 Å². The van der Waals surface area contributed by atoms with Crippen molar-refractivity contribution in [3.05, 3.63) is 35.6 Å². The second kappa shape index (κ2) is 9.08. The summed E-state index contributed by atoms with van der Waals surface area (Å²) in [7, 11) is 1.98. The molecule has 1 aliphatic heterocycles. The normalized spacial score (nSPS) is 17.6. The van der Waals surface area contributed by atoms with Gasteiger partial charge in [0.1, 0.15) is 5.82 Å². The van der Waals surface area contributed by atoms with Gasteiger partial charge in [0, 0.05) is 19.1 Å². The molecule has 2 rings (SSSR count). The van der Waals surface area contributed by atoms with Gasteiger partial charge in [-0.1, -0.05) is 12.1 Å². The molecule has 1 atom stereocenters. The summed E-state index contributed by atoms with van der Waals surface area (Å²) < 4.78 is 12.9. The third-order valence-electron chi connectivity index (χ3n) is 4.11. The fraction of sp³-hybridized carbons (Fsp3) is 0.562. The third-order valence-corrected chi connectivity index (χ3v) is 4.11. The Labute approximate surface area is 137 Å². The number of benzene rings is 1. The smallest absolute Gasteiger partial charge is 0.234 e. The number of halogens is 2. The highest BCUT2D eigenvalue weighted by Crippen LogP contribution is 2.13. The Kier molecular flexibility index (Phi) is 7.79. The number of rotatable bonds is 5. The lowest BCUT2D eigenvalue weighted by Gasteiger charge is -2.31. The molecule has 124 valence electrons. The molecule has 2 N–H and O–H groups in total. The summed E-state index contributed by atoms with van der Waals surface area (Å²) in [4.78, 5) is 14.3. The fourth-order valence-corrected chi connectivity index (χ4v) is 2.70. The maximum Gasteiger partial charge on any atom is 0.234 e. The Morgan fingerprint density at radius 2 is 1.91 bits per heavy atom. The van der Waals surface area contributed by atoms with Crippen LogP contribution in [0.5, 0.6) is 0 Å². The van der Waals surface area contributed by atoms with Gasteiger partial charge in [0.25, 0.3) is 0 Å². The van der Waals surface area contributed by atoms with Crippen LogP contribution in [-0.4, -0.2) is 43.5 Å². The van der Waals surface area contributed by atoms with Crippen molar-refractivity contribution >= 4 is 18.3 Å². The summed E-state index contributed by atoms with van der Waals surface area (Å²) in [6, 6.07) is 6.72. The van der Waals surface area contributed by atoms with E-state index in [9.17, 15) is 9.18 Å². The van der Waals surface area contributed by atoms with Crippen molar-refractivity contribution in [2.45, 2.75) is 31.8 Å². The van der Waals surface area contributed by atoms with Gasteiger partial charge in [0.05, 0.1) is 12.6 Å². The SMILES string of the molecule is CNC1CCN(CC(=O)NC(C)c2ccc(F)cc2)CC1.Cl. The van der Waals surface area contributed by atoms with Gasteiger partial charge < -0.3 is 10.6 Å². The molecular formula is C16H25ClFN3O. The first-order valence-electron chi connectivity index (χ1n) is 7.53. The van der Waals surface area contributed by atoms with E-state index in [-0.39, 0.29) is 30.2 Å². The number of hydrogen-bond donors (Lipinski definition) is 2. The summed E-state index contributed by atoms with van der Waals surface area (Å²) in [5.74, 6) is -0.237. The quantitative estimate of drug-likeness (QED) is 0.869. The van der Waals surface area contributed by atoms with E-state index in [2.05, 4.69) is 15.5 Å². The average molecular weight is 330 g/mol. The molecule has 22 heavy (non-hydrogen) atoms. The van der Waals surface area contributed by atoms with E-state index in [1.807, 2.05) is 14.0 Å². The Bertz CT molecular complexity index is 461. The molecule has 0 radical (unpaired) electrons. The molecule has 1 saturated heterocycles. The maximum atomic E-state index is 12.9. The number of carbonyl (C=O) groups excluding carboxylic acids is 1. The van der Waals surface area contributed by atoms with Gasteiger partial charge in [-0.2, -0.15) is 0 Å². The molecule has 1 aromatic carbocycles. The van der Waals surface area contributed by atoms with E-state index >= 15 is 0 Å². The molecule has 0 saturated carbocycles. The predicted octanol–water partition coefficient (Wildman–Crippen LogP) is 2.11. The van der Waals surface area contributed by atoms with Crippen molar-refractivity contribution in [3.8, 4) is 0 Å². The molecule has 0 spiro atoms. The van der Waals surface area contributed by atoms with Crippen molar-refractivity contribution in [3.63, 3.8) is 0 Å². The van der Waals surface area contributed by atoms with Gasteiger partial charge in [-0.05, 0) is 44.5 Å². The minimum absolute atomic E-state index is 0. The van der Waals surface area contributed by atoms with Crippen LogP contribution in [0.2, 0.25) is 0 Å². The summed E-state index contributed by atoms with van der Waals surface area (Å²) in [6.07, 6.45) is 2.16. The van der Waals surface area contributed by atoms with E-state index in [0.29, 0.717) is 12.6 Å².